The maximum absolute atomic E-state index is 5.38. The molecule has 0 saturated heterocycles. The molecule has 0 spiro atoms. The molecule has 0 fully saturated rings. The summed E-state index contributed by atoms with van der Waals surface area (Å²) < 4.78 is 8.57. The quantitative estimate of drug-likeness (QED) is 0.334. The van der Waals surface area contributed by atoms with Gasteiger partial charge in [0.25, 0.3) is 0 Å². The first-order chi connectivity index (χ1) is 14.6. The van der Waals surface area contributed by atoms with Gasteiger partial charge in [-0.3, -0.25) is 9.71 Å². The fraction of sp³-hybridized carbons (Fsp3) is 0.217. The van der Waals surface area contributed by atoms with Gasteiger partial charge in [0.15, 0.2) is 0 Å². The van der Waals surface area contributed by atoms with E-state index in [1.807, 2.05) is 52.3 Å². The lowest BCUT2D eigenvalue weighted by molar-refractivity contribution is 0.393. The average molecular weight is 422 g/mol. The van der Waals surface area contributed by atoms with Crippen molar-refractivity contribution in [3.05, 3.63) is 77.6 Å². The molecule has 156 valence electrons. The van der Waals surface area contributed by atoms with E-state index in [0.29, 0.717) is 6.54 Å². The summed E-state index contributed by atoms with van der Waals surface area (Å²) in [5.74, 6) is 0.808. The molecule has 2 aromatic heterocycles. The van der Waals surface area contributed by atoms with Gasteiger partial charge >= 0.3 is 0 Å². The molecule has 0 saturated carbocycles. The van der Waals surface area contributed by atoms with Crippen LogP contribution in [0.15, 0.2) is 64.4 Å². The summed E-state index contributed by atoms with van der Waals surface area (Å²) in [4.78, 5) is 5.25. The maximum atomic E-state index is 5.38. The Kier molecular flexibility index (Phi) is 7.32. The van der Waals surface area contributed by atoms with Gasteiger partial charge in [-0.1, -0.05) is 17.8 Å². The molecule has 2 heterocycles. The van der Waals surface area contributed by atoms with Crippen LogP contribution in [0.3, 0.4) is 0 Å². The Morgan fingerprint density at radius 2 is 2.10 bits per heavy atom. The SMILES string of the molecule is C=C/C(=C\c1c(NC)cc(-c2c(C)noc2C)cc1SNC)NCc1cccnc1. The summed E-state index contributed by atoms with van der Waals surface area (Å²) in [6, 6.07) is 8.26. The molecular weight excluding hydrogens is 394 g/mol. The minimum atomic E-state index is 0.673. The predicted molar refractivity (Wildman–Crippen MR) is 125 cm³/mol. The van der Waals surface area contributed by atoms with Gasteiger partial charge in [-0.05, 0) is 74.3 Å². The Morgan fingerprint density at radius 3 is 2.70 bits per heavy atom. The van der Waals surface area contributed by atoms with E-state index in [-0.39, 0.29) is 0 Å². The Balaban J connectivity index is 2.01. The second-order valence-electron chi connectivity index (χ2n) is 6.71. The van der Waals surface area contributed by atoms with E-state index in [0.717, 1.165) is 50.0 Å². The molecule has 3 rings (SSSR count). The third kappa shape index (κ3) is 4.93. The molecule has 30 heavy (non-hydrogen) atoms. The second-order valence-corrected chi connectivity index (χ2v) is 7.76. The van der Waals surface area contributed by atoms with Crippen molar-refractivity contribution in [2.75, 3.05) is 19.4 Å². The number of benzene rings is 1. The summed E-state index contributed by atoms with van der Waals surface area (Å²) in [6.07, 6.45) is 7.56. The highest BCUT2D eigenvalue weighted by atomic mass is 32.2. The first kappa shape index (κ1) is 21.7. The average Bonchev–Trinajstić information content (AvgIpc) is 3.10. The first-order valence-electron chi connectivity index (χ1n) is 9.67. The lowest BCUT2D eigenvalue weighted by Crippen LogP contribution is -2.11. The third-order valence-electron chi connectivity index (χ3n) is 4.68. The third-order valence-corrected chi connectivity index (χ3v) is 5.45. The van der Waals surface area contributed by atoms with E-state index in [4.69, 9.17) is 4.52 Å². The van der Waals surface area contributed by atoms with Gasteiger partial charge in [-0.25, -0.2) is 0 Å². The van der Waals surface area contributed by atoms with Crippen LogP contribution < -0.4 is 15.4 Å². The zero-order valence-corrected chi connectivity index (χ0v) is 18.6. The van der Waals surface area contributed by atoms with Crippen LogP contribution in [-0.4, -0.2) is 24.2 Å². The van der Waals surface area contributed by atoms with Crippen molar-refractivity contribution >= 4 is 23.7 Å². The molecule has 0 unspecified atom stereocenters. The Labute approximate surface area is 182 Å². The smallest absolute Gasteiger partial charge is 0.141 e. The molecule has 1 aromatic carbocycles. The summed E-state index contributed by atoms with van der Waals surface area (Å²) in [7, 11) is 3.84. The lowest BCUT2D eigenvalue weighted by Gasteiger charge is -2.16. The maximum Gasteiger partial charge on any atom is 0.141 e. The molecular formula is C23H27N5OS. The summed E-state index contributed by atoms with van der Waals surface area (Å²) in [5.41, 5.74) is 7.08. The van der Waals surface area contributed by atoms with Crippen molar-refractivity contribution in [1.82, 2.24) is 20.2 Å². The number of hydrogen-bond donors (Lipinski definition) is 3. The number of nitrogens with zero attached hydrogens (tertiary/aromatic N) is 2. The van der Waals surface area contributed by atoms with Crippen LogP contribution in [-0.2, 0) is 6.54 Å². The van der Waals surface area contributed by atoms with Crippen LogP contribution in [0.2, 0.25) is 0 Å². The predicted octanol–water partition coefficient (Wildman–Crippen LogP) is 4.94. The Morgan fingerprint density at radius 1 is 1.27 bits per heavy atom. The van der Waals surface area contributed by atoms with Gasteiger partial charge in [-0.2, -0.15) is 0 Å². The van der Waals surface area contributed by atoms with Crippen molar-refractivity contribution in [2.45, 2.75) is 25.3 Å². The zero-order valence-electron chi connectivity index (χ0n) is 17.7. The number of aryl methyl sites for hydroxylation is 2. The minimum Gasteiger partial charge on any atom is -0.388 e. The number of hydrogen-bond acceptors (Lipinski definition) is 7. The molecule has 0 radical (unpaired) electrons. The summed E-state index contributed by atoms with van der Waals surface area (Å²) in [6.45, 7) is 8.54. The number of nitrogens with one attached hydrogen (secondary N) is 3. The van der Waals surface area contributed by atoms with Crippen molar-refractivity contribution < 1.29 is 4.52 Å². The molecule has 0 aliphatic carbocycles. The fourth-order valence-electron chi connectivity index (χ4n) is 3.26. The van der Waals surface area contributed by atoms with Crippen LogP contribution in [0.5, 0.6) is 0 Å². The van der Waals surface area contributed by atoms with Gasteiger partial charge < -0.3 is 15.2 Å². The topological polar surface area (TPSA) is 75.0 Å². The normalized spacial score (nSPS) is 11.4. The van der Waals surface area contributed by atoms with Crippen LogP contribution in [0.1, 0.15) is 22.6 Å². The number of anilines is 1. The van der Waals surface area contributed by atoms with E-state index in [2.05, 4.69) is 50.3 Å². The highest BCUT2D eigenvalue weighted by Crippen LogP contribution is 2.37. The van der Waals surface area contributed by atoms with Gasteiger partial charge in [-0.15, -0.1) is 0 Å². The molecule has 0 bridgehead atoms. The molecule has 0 atom stereocenters. The molecule has 0 aliphatic heterocycles. The van der Waals surface area contributed by atoms with Crippen molar-refractivity contribution in [2.24, 2.45) is 0 Å². The van der Waals surface area contributed by atoms with Gasteiger partial charge in [0.05, 0.1) is 5.69 Å². The standard InChI is InChI=1S/C23H27N5OS/c1-6-19(27-14-17-8-7-9-26-13-17)12-20-21(24-4)10-18(11-22(20)30-25-5)23-15(2)28-29-16(23)3/h6-13,24-25,27H,1,14H2,2-5H3/b19-12+. The van der Waals surface area contributed by atoms with Crippen LogP contribution in [0.25, 0.3) is 17.2 Å². The van der Waals surface area contributed by atoms with Crippen LogP contribution in [0.4, 0.5) is 5.69 Å². The number of rotatable bonds is 9. The van der Waals surface area contributed by atoms with E-state index < -0.39 is 0 Å². The second kappa shape index (κ2) is 10.1. The first-order valence-corrected chi connectivity index (χ1v) is 10.5. The van der Waals surface area contributed by atoms with E-state index in [9.17, 15) is 0 Å². The fourth-order valence-corrected chi connectivity index (χ4v) is 3.95. The number of aromatic nitrogens is 2. The van der Waals surface area contributed by atoms with E-state index in [1.54, 1.807) is 18.1 Å². The summed E-state index contributed by atoms with van der Waals surface area (Å²) >= 11 is 1.56. The van der Waals surface area contributed by atoms with Gasteiger partial charge in [0.2, 0.25) is 0 Å². The number of allylic oxidation sites excluding steroid dienone is 1. The zero-order chi connectivity index (χ0) is 21.5. The van der Waals surface area contributed by atoms with Crippen molar-refractivity contribution in [1.29, 1.82) is 0 Å². The van der Waals surface area contributed by atoms with E-state index >= 15 is 0 Å². The highest BCUT2D eigenvalue weighted by Gasteiger charge is 2.16. The molecule has 3 aromatic rings. The molecule has 7 heteroatoms. The Bertz CT molecular complexity index is 1020. The lowest BCUT2D eigenvalue weighted by atomic mass is 10.00. The summed E-state index contributed by atoms with van der Waals surface area (Å²) in [5, 5.41) is 10.9. The van der Waals surface area contributed by atoms with Crippen molar-refractivity contribution in [3.63, 3.8) is 0 Å². The minimum absolute atomic E-state index is 0.673. The highest BCUT2D eigenvalue weighted by molar-refractivity contribution is 7.97. The monoisotopic (exact) mass is 421 g/mol. The molecule has 6 nitrogen and oxygen atoms in total. The molecule has 3 N–H and O–H groups in total. The van der Waals surface area contributed by atoms with Gasteiger partial charge in [0.1, 0.15) is 5.76 Å². The number of pyridine rings is 1. The molecule has 0 amide bonds. The van der Waals surface area contributed by atoms with Crippen LogP contribution in [0, 0.1) is 13.8 Å². The van der Waals surface area contributed by atoms with Crippen molar-refractivity contribution in [3.8, 4) is 11.1 Å². The van der Waals surface area contributed by atoms with Gasteiger partial charge in [0, 0.05) is 53.4 Å². The molecule has 0 aliphatic rings. The van der Waals surface area contributed by atoms with E-state index in [1.165, 1.54) is 0 Å². The largest absolute Gasteiger partial charge is 0.388 e. The van der Waals surface area contributed by atoms with Crippen LogP contribution >= 0.6 is 11.9 Å². The Hall–Kier alpha value is -3.03.